The van der Waals surface area contributed by atoms with E-state index in [2.05, 4.69) is 10.3 Å². The van der Waals surface area contributed by atoms with Crippen molar-refractivity contribution in [1.82, 2.24) is 10.3 Å². The first-order chi connectivity index (χ1) is 10.9. The van der Waals surface area contributed by atoms with E-state index < -0.39 is 11.7 Å². The lowest BCUT2D eigenvalue weighted by molar-refractivity contribution is -0.137. The minimum Gasteiger partial charge on any atom is -0.356 e. The molecule has 1 amide bonds. The van der Waals surface area contributed by atoms with E-state index in [4.69, 9.17) is 0 Å². The lowest BCUT2D eigenvalue weighted by atomic mass is 9.90. The highest BCUT2D eigenvalue weighted by Gasteiger charge is 2.37. The molecule has 23 heavy (non-hydrogen) atoms. The average molecular weight is 327 g/mol. The van der Waals surface area contributed by atoms with Crippen LogP contribution >= 0.6 is 0 Å². The smallest absolute Gasteiger partial charge is 0.356 e. The summed E-state index contributed by atoms with van der Waals surface area (Å²) in [6.07, 6.45) is 1.31. The van der Waals surface area contributed by atoms with Gasteiger partial charge in [-0.1, -0.05) is 0 Å². The fraction of sp³-hybridized carbons (Fsp3) is 0.625. The molecule has 7 heteroatoms. The summed E-state index contributed by atoms with van der Waals surface area (Å²) >= 11 is 0. The van der Waals surface area contributed by atoms with Crippen LogP contribution in [-0.2, 0) is 11.0 Å². The molecule has 1 saturated carbocycles. The topological polar surface area (TPSA) is 45.2 Å². The van der Waals surface area contributed by atoms with Crippen LogP contribution in [0.2, 0.25) is 0 Å². The molecule has 1 aromatic rings. The summed E-state index contributed by atoms with van der Waals surface area (Å²) < 4.78 is 39.2. The molecule has 1 aliphatic heterocycles. The van der Waals surface area contributed by atoms with Crippen molar-refractivity contribution in [1.29, 1.82) is 0 Å². The van der Waals surface area contributed by atoms with Gasteiger partial charge in [0.15, 0.2) is 0 Å². The van der Waals surface area contributed by atoms with Gasteiger partial charge >= 0.3 is 6.18 Å². The van der Waals surface area contributed by atoms with Crippen LogP contribution < -0.4 is 10.2 Å². The van der Waals surface area contributed by atoms with Gasteiger partial charge < -0.3 is 10.2 Å². The van der Waals surface area contributed by atoms with Crippen molar-refractivity contribution in [2.45, 2.75) is 44.3 Å². The van der Waals surface area contributed by atoms with Crippen LogP contribution in [0.15, 0.2) is 18.3 Å². The molecule has 1 aliphatic carbocycles. The number of nitrogens with one attached hydrogen (secondary N) is 1. The molecular weight excluding hydrogens is 307 g/mol. The zero-order chi connectivity index (χ0) is 16.4. The van der Waals surface area contributed by atoms with Crippen molar-refractivity contribution < 1.29 is 18.0 Å². The SMILES string of the molecule is O=C(NC1CCC1)C1CCN(c2ncccc2C(F)(F)F)CC1. The molecule has 2 fully saturated rings. The van der Waals surface area contributed by atoms with Crippen LogP contribution in [-0.4, -0.2) is 30.0 Å². The molecule has 0 spiro atoms. The van der Waals surface area contributed by atoms with Crippen molar-refractivity contribution in [3.63, 3.8) is 0 Å². The number of carbonyl (C=O) groups is 1. The molecule has 0 radical (unpaired) electrons. The molecule has 2 aliphatic rings. The number of carbonyl (C=O) groups excluding carboxylic acids is 1. The van der Waals surface area contributed by atoms with Crippen molar-refractivity contribution in [2.24, 2.45) is 5.92 Å². The second kappa shape index (κ2) is 6.37. The first-order valence-electron chi connectivity index (χ1n) is 8.02. The zero-order valence-corrected chi connectivity index (χ0v) is 12.8. The maximum Gasteiger partial charge on any atom is 0.419 e. The quantitative estimate of drug-likeness (QED) is 0.928. The van der Waals surface area contributed by atoms with E-state index in [9.17, 15) is 18.0 Å². The summed E-state index contributed by atoms with van der Waals surface area (Å²) in [4.78, 5) is 17.7. The molecule has 1 saturated heterocycles. The van der Waals surface area contributed by atoms with Crippen molar-refractivity contribution in [2.75, 3.05) is 18.0 Å². The normalized spacial score (nSPS) is 20.2. The van der Waals surface area contributed by atoms with Gasteiger partial charge in [-0.15, -0.1) is 0 Å². The molecule has 2 heterocycles. The Morgan fingerprint density at radius 3 is 2.48 bits per heavy atom. The number of halogens is 3. The molecule has 0 aromatic carbocycles. The van der Waals surface area contributed by atoms with Crippen LogP contribution in [0.5, 0.6) is 0 Å². The number of rotatable bonds is 3. The monoisotopic (exact) mass is 327 g/mol. The van der Waals surface area contributed by atoms with E-state index >= 15 is 0 Å². The third-order valence-corrected chi connectivity index (χ3v) is 4.71. The Kier molecular flexibility index (Phi) is 4.46. The Labute approximate surface area is 133 Å². The summed E-state index contributed by atoms with van der Waals surface area (Å²) in [7, 11) is 0. The summed E-state index contributed by atoms with van der Waals surface area (Å²) in [5.41, 5.74) is -0.711. The molecule has 4 nitrogen and oxygen atoms in total. The lowest BCUT2D eigenvalue weighted by Gasteiger charge is -2.35. The highest BCUT2D eigenvalue weighted by molar-refractivity contribution is 5.79. The summed E-state index contributed by atoms with van der Waals surface area (Å²) in [6, 6.07) is 2.65. The predicted molar refractivity (Wildman–Crippen MR) is 80.0 cm³/mol. The Bertz CT molecular complexity index is 564. The van der Waals surface area contributed by atoms with E-state index in [1.54, 1.807) is 4.90 Å². The van der Waals surface area contributed by atoms with E-state index in [0.717, 1.165) is 25.3 Å². The van der Waals surface area contributed by atoms with Crippen molar-refractivity contribution in [3.05, 3.63) is 23.9 Å². The van der Waals surface area contributed by atoms with E-state index in [1.165, 1.54) is 12.3 Å². The summed E-state index contributed by atoms with van der Waals surface area (Å²) in [5.74, 6) is -0.0887. The molecule has 1 N–H and O–H groups in total. The van der Waals surface area contributed by atoms with E-state index in [-0.39, 0.29) is 17.6 Å². The number of nitrogens with zero attached hydrogens (tertiary/aromatic N) is 2. The number of amides is 1. The van der Waals surface area contributed by atoms with Gasteiger partial charge in [-0.05, 0) is 44.2 Å². The molecule has 0 unspecified atom stereocenters. The van der Waals surface area contributed by atoms with Gasteiger partial charge in [0.25, 0.3) is 0 Å². The van der Waals surface area contributed by atoms with Gasteiger partial charge in [-0.25, -0.2) is 4.98 Å². The molecular formula is C16H20F3N3O. The highest BCUT2D eigenvalue weighted by atomic mass is 19.4. The van der Waals surface area contributed by atoms with Crippen LogP contribution in [0, 0.1) is 5.92 Å². The third kappa shape index (κ3) is 3.59. The number of anilines is 1. The fourth-order valence-corrected chi connectivity index (χ4v) is 3.10. The van der Waals surface area contributed by atoms with Crippen LogP contribution in [0.25, 0.3) is 0 Å². The second-order valence-electron chi connectivity index (χ2n) is 6.27. The summed E-state index contributed by atoms with van der Waals surface area (Å²) in [5, 5.41) is 3.02. The highest BCUT2D eigenvalue weighted by Crippen LogP contribution is 2.36. The molecule has 126 valence electrons. The fourth-order valence-electron chi connectivity index (χ4n) is 3.10. The Balaban J connectivity index is 1.62. The largest absolute Gasteiger partial charge is 0.419 e. The van der Waals surface area contributed by atoms with Crippen LogP contribution in [0.1, 0.15) is 37.7 Å². The zero-order valence-electron chi connectivity index (χ0n) is 12.8. The van der Waals surface area contributed by atoms with Gasteiger partial charge in [-0.3, -0.25) is 4.79 Å². The number of pyridine rings is 1. The van der Waals surface area contributed by atoms with Gasteiger partial charge in [0, 0.05) is 31.2 Å². The number of hydrogen-bond donors (Lipinski definition) is 1. The number of hydrogen-bond acceptors (Lipinski definition) is 3. The van der Waals surface area contributed by atoms with Gasteiger partial charge in [0.1, 0.15) is 5.82 Å². The second-order valence-corrected chi connectivity index (χ2v) is 6.27. The lowest BCUT2D eigenvalue weighted by Crippen LogP contribution is -2.46. The van der Waals surface area contributed by atoms with Gasteiger partial charge in [0.05, 0.1) is 5.56 Å². The van der Waals surface area contributed by atoms with Crippen molar-refractivity contribution >= 4 is 11.7 Å². The molecule has 1 aromatic heterocycles. The van der Waals surface area contributed by atoms with Gasteiger partial charge in [-0.2, -0.15) is 13.2 Å². The minimum atomic E-state index is -4.41. The predicted octanol–water partition coefficient (Wildman–Crippen LogP) is 2.99. The Morgan fingerprint density at radius 1 is 1.22 bits per heavy atom. The molecule has 0 atom stereocenters. The third-order valence-electron chi connectivity index (χ3n) is 4.71. The average Bonchev–Trinajstić information content (AvgIpc) is 2.50. The number of aromatic nitrogens is 1. The van der Waals surface area contributed by atoms with E-state index in [0.29, 0.717) is 32.0 Å². The Morgan fingerprint density at radius 2 is 1.91 bits per heavy atom. The first kappa shape index (κ1) is 16.1. The van der Waals surface area contributed by atoms with Crippen LogP contribution in [0.3, 0.4) is 0 Å². The van der Waals surface area contributed by atoms with Gasteiger partial charge in [0.2, 0.25) is 5.91 Å². The van der Waals surface area contributed by atoms with Crippen LogP contribution in [0.4, 0.5) is 19.0 Å². The standard InChI is InChI=1S/C16H20F3N3O/c17-16(18,19)13-5-2-8-20-14(13)22-9-6-11(7-10-22)15(23)21-12-3-1-4-12/h2,5,8,11-12H,1,3-4,6-7,9-10H2,(H,21,23). The Hall–Kier alpha value is -1.79. The maximum absolute atomic E-state index is 13.1. The maximum atomic E-state index is 13.1. The van der Waals surface area contributed by atoms with Crippen molar-refractivity contribution in [3.8, 4) is 0 Å². The first-order valence-corrected chi connectivity index (χ1v) is 8.02. The van der Waals surface area contributed by atoms with E-state index in [1.807, 2.05) is 0 Å². The number of piperidine rings is 1. The minimum absolute atomic E-state index is 0.0298. The summed E-state index contributed by atoms with van der Waals surface area (Å²) in [6.45, 7) is 0.839. The number of alkyl halides is 3. The molecule has 0 bridgehead atoms. The molecule has 3 rings (SSSR count).